The van der Waals surface area contributed by atoms with Gasteiger partial charge in [0.15, 0.2) is 0 Å². The average molecular weight is 383 g/mol. The molecule has 0 spiro atoms. The predicted molar refractivity (Wildman–Crippen MR) is 111 cm³/mol. The number of carbonyl (C=O) groups excluding carboxylic acids is 1. The maximum Gasteiger partial charge on any atom is 0.220 e. The van der Waals surface area contributed by atoms with E-state index in [0.29, 0.717) is 6.42 Å². The molecule has 150 valence electrons. The van der Waals surface area contributed by atoms with Gasteiger partial charge in [-0.15, -0.1) is 0 Å². The minimum absolute atomic E-state index is 0.138. The molecule has 0 atom stereocenters. The van der Waals surface area contributed by atoms with Gasteiger partial charge >= 0.3 is 0 Å². The van der Waals surface area contributed by atoms with E-state index in [1.54, 1.807) is 14.2 Å². The molecule has 28 heavy (non-hydrogen) atoms. The van der Waals surface area contributed by atoms with Crippen LogP contribution in [0.15, 0.2) is 48.5 Å². The lowest BCUT2D eigenvalue weighted by Crippen LogP contribution is -2.44. The van der Waals surface area contributed by atoms with Crippen LogP contribution in [0.2, 0.25) is 0 Å². The number of benzene rings is 2. The van der Waals surface area contributed by atoms with Crippen molar-refractivity contribution in [2.75, 3.05) is 27.3 Å². The van der Waals surface area contributed by atoms with Crippen LogP contribution in [0, 0.1) is 0 Å². The summed E-state index contributed by atoms with van der Waals surface area (Å²) in [6.45, 7) is 2.87. The Balaban J connectivity index is 1.39. The molecule has 0 saturated carbocycles. The second-order valence-electron chi connectivity index (χ2n) is 7.28. The molecule has 2 aromatic carbocycles. The summed E-state index contributed by atoms with van der Waals surface area (Å²) in [4.78, 5) is 14.7. The first-order valence-corrected chi connectivity index (χ1v) is 9.94. The summed E-state index contributed by atoms with van der Waals surface area (Å²) >= 11 is 0. The van der Waals surface area contributed by atoms with Crippen molar-refractivity contribution in [3.8, 4) is 11.5 Å². The molecule has 3 rings (SSSR count). The second kappa shape index (κ2) is 10.1. The smallest absolute Gasteiger partial charge is 0.220 e. The van der Waals surface area contributed by atoms with Crippen LogP contribution in [0.4, 0.5) is 0 Å². The highest BCUT2D eigenvalue weighted by Gasteiger charge is 2.21. The van der Waals surface area contributed by atoms with E-state index in [4.69, 9.17) is 9.47 Å². The Labute approximate surface area is 167 Å². The molecule has 2 aromatic rings. The zero-order valence-corrected chi connectivity index (χ0v) is 16.8. The number of hydrogen-bond acceptors (Lipinski definition) is 4. The first kappa shape index (κ1) is 20.2. The van der Waals surface area contributed by atoms with Gasteiger partial charge in [0.2, 0.25) is 5.91 Å². The van der Waals surface area contributed by atoms with Gasteiger partial charge in [0.25, 0.3) is 0 Å². The van der Waals surface area contributed by atoms with Crippen LogP contribution in [-0.2, 0) is 17.8 Å². The molecule has 5 nitrogen and oxygen atoms in total. The second-order valence-corrected chi connectivity index (χ2v) is 7.28. The molecule has 1 heterocycles. The van der Waals surface area contributed by atoms with E-state index >= 15 is 0 Å². The third kappa shape index (κ3) is 5.73. The molecule has 1 amide bonds. The summed E-state index contributed by atoms with van der Waals surface area (Å²) in [7, 11) is 3.37. The van der Waals surface area contributed by atoms with E-state index in [2.05, 4.69) is 16.3 Å². The Morgan fingerprint density at radius 1 is 1.04 bits per heavy atom. The van der Waals surface area contributed by atoms with Crippen LogP contribution in [0.1, 0.15) is 30.4 Å². The van der Waals surface area contributed by atoms with Crippen LogP contribution in [0.25, 0.3) is 0 Å². The van der Waals surface area contributed by atoms with Crippen molar-refractivity contribution < 1.29 is 14.3 Å². The molecule has 1 saturated heterocycles. The predicted octanol–water partition coefficient (Wildman–Crippen LogP) is 3.42. The number of methoxy groups -OCH3 is 2. The van der Waals surface area contributed by atoms with Gasteiger partial charge in [0, 0.05) is 37.7 Å². The molecule has 0 aromatic heterocycles. The quantitative estimate of drug-likeness (QED) is 0.760. The Morgan fingerprint density at radius 3 is 2.43 bits per heavy atom. The molecule has 0 aliphatic carbocycles. The minimum Gasteiger partial charge on any atom is -0.497 e. The SMILES string of the molecule is COc1ccc(CCC(=O)NC2CCN(Cc3ccccc3OC)CC2)cc1. The number of nitrogens with zero attached hydrogens (tertiary/aromatic N) is 1. The molecule has 5 heteroatoms. The highest BCUT2D eigenvalue weighted by molar-refractivity contribution is 5.76. The van der Waals surface area contributed by atoms with Crippen LogP contribution in [-0.4, -0.2) is 44.2 Å². The summed E-state index contributed by atoms with van der Waals surface area (Å²) in [6, 6.07) is 16.3. The molecular formula is C23H30N2O3. The number of nitrogens with one attached hydrogen (secondary N) is 1. The van der Waals surface area contributed by atoms with Crippen molar-refractivity contribution in [3.05, 3.63) is 59.7 Å². The summed E-state index contributed by atoms with van der Waals surface area (Å²) in [5.74, 6) is 1.92. The molecule has 1 N–H and O–H groups in total. The first-order valence-electron chi connectivity index (χ1n) is 9.94. The summed E-state index contributed by atoms with van der Waals surface area (Å²) in [5.41, 5.74) is 2.37. The van der Waals surface area contributed by atoms with Crippen molar-refractivity contribution in [2.45, 2.75) is 38.3 Å². The Morgan fingerprint density at radius 2 is 1.75 bits per heavy atom. The van der Waals surface area contributed by atoms with Crippen LogP contribution in [0.3, 0.4) is 0 Å². The van der Waals surface area contributed by atoms with Crippen molar-refractivity contribution in [2.24, 2.45) is 0 Å². The number of rotatable bonds is 8. The van der Waals surface area contributed by atoms with Gasteiger partial charge in [0.1, 0.15) is 11.5 Å². The number of piperidine rings is 1. The Hall–Kier alpha value is -2.53. The van der Waals surface area contributed by atoms with E-state index in [0.717, 1.165) is 56.0 Å². The van der Waals surface area contributed by atoms with Gasteiger partial charge < -0.3 is 14.8 Å². The lowest BCUT2D eigenvalue weighted by atomic mass is 10.0. The molecule has 1 fully saturated rings. The molecule has 0 radical (unpaired) electrons. The zero-order chi connectivity index (χ0) is 19.8. The lowest BCUT2D eigenvalue weighted by Gasteiger charge is -2.32. The van der Waals surface area contributed by atoms with Crippen molar-refractivity contribution in [1.82, 2.24) is 10.2 Å². The van der Waals surface area contributed by atoms with E-state index in [9.17, 15) is 4.79 Å². The number of aryl methyl sites for hydroxylation is 1. The average Bonchev–Trinajstić information content (AvgIpc) is 2.74. The van der Waals surface area contributed by atoms with E-state index < -0.39 is 0 Å². The van der Waals surface area contributed by atoms with Gasteiger partial charge in [-0.1, -0.05) is 30.3 Å². The molecule has 0 unspecified atom stereocenters. The van der Waals surface area contributed by atoms with Crippen LogP contribution >= 0.6 is 0 Å². The number of carbonyl (C=O) groups is 1. The fourth-order valence-corrected chi connectivity index (χ4v) is 3.66. The highest BCUT2D eigenvalue weighted by Crippen LogP contribution is 2.21. The van der Waals surface area contributed by atoms with Crippen LogP contribution < -0.4 is 14.8 Å². The third-order valence-corrected chi connectivity index (χ3v) is 5.34. The van der Waals surface area contributed by atoms with Gasteiger partial charge in [-0.25, -0.2) is 0 Å². The summed E-state index contributed by atoms with van der Waals surface area (Å²) < 4.78 is 10.6. The fourth-order valence-electron chi connectivity index (χ4n) is 3.66. The minimum atomic E-state index is 0.138. The Kier molecular flexibility index (Phi) is 7.31. The van der Waals surface area contributed by atoms with Crippen molar-refractivity contribution in [1.29, 1.82) is 0 Å². The van der Waals surface area contributed by atoms with E-state index in [-0.39, 0.29) is 11.9 Å². The largest absolute Gasteiger partial charge is 0.497 e. The van der Waals surface area contributed by atoms with Crippen molar-refractivity contribution >= 4 is 5.91 Å². The number of para-hydroxylation sites is 1. The van der Waals surface area contributed by atoms with E-state index in [1.165, 1.54) is 5.56 Å². The van der Waals surface area contributed by atoms with Gasteiger partial charge in [-0.3, -0.25) is 9.69 Å². The van der Waals surface area contributed by atoms with Gasteiger partial charge in [0.05, 0.1) is 14.2 Å². The first-order chi connectivity index (χ1) is 13.7. The van der Waals surface area contributed by atoms with E-state index in [1.807, 2.05) is 42.5 Å². The molecule has 1 aliphatic heterocycles. The number of hydrogen-bond donors (Lipinski definition) is 1. The fraction of sp³-hybridized carbons (Fsp3) is 0.435. The van der Waals surface area contributed by atoms with Crippen LogP contribution in [0.5, 0.6) is 11.5 Å². The third-order valence-electron chi connectivity index (χ3n) is 5.34. The Bertz CT molecular complexity index is 753. The van der Waals surface area contributed by atoms with Crippen molar-refractivity contribution in [3.63, 3.8) is 0 Å². The maximum atomic E-state index is 12.3. The van der Waals surface area contributed by atoms with Gasteiger partial charge in [-0.2, -0.15) is 0 Å². The number of likely N-dealkylation sites (tertiary alicyclic amines) is 1. The highest BCUT2D eigenvalue weighted by atomic mass is 16.5. The summed E-state index contributed by atoms with van der Waals surface area (Å²) in [6.07, 6.45) is 3.25. The zero-order valence-electron chi connectivity index (χ0n) is 16.8. The normalized spacial score (nSPS) is 15.2. The summed E-state index contributed by atoms with van der Waals surface area (Å²) in [5, 5.41) is 3.20. The lowest BCUT2D eigenvalue weighted by molar-refractivity contribution is -0.122. The molecule has 0 bridgehead atoms. The van der Waals surface area contributed by atoms with Gasteiger partial charge in [-0.05, 0) is 43.0 Å². The number of ether oxygens (including phenoxy) is 2. The molecular weight excluding hydrogens is 352 g/mol. The number of amides is 1. The topological polar surface area (TPSA) is 50.8 Å². The molecule has 1 aliphatic rings. The standard InChI is InChI=1S/C23H30N2O3/c1-27-21-10-7-18(8-11-21)9-12-23(26)24-20-13-15-25(16-14-20)17-19-5-3-4-6-22(19)28-2/h3-8,10-11,20H,9,12-17H2,1-2H3,(H,24,26). The maximum absolute atomic E-state index is 12.3. The monoisotopic (exact) mass is 382 g/mol.